The standard InChI is InChI=1S/C13H10BrN3O4/c14-10-5-6-11(13(7-10)17(20)21)15-8-9-3-1-2-4-12(9)16(18)19/h1-7,15H,8H2. The Bertz CT molecular complexity index is 706. The summed E-state index contributed by atoms with van der Waals surface area (Å²) in [5.41, 5.74) is 0.647. The van der Waals surface area contributed by atoms with Crippen LogP contribution in [0.2, 0.25) is 0 Å². The van der Waals surface area contributed by atoms with E-state index in [0.29, 0.717) is 15.7 Å². The van der Waals surface area contributed by atoms with E-state index in [2.05, 4.69) is 21.2 Å². The van der Waals surface area contributed by atoms with Crippen LogP contribution in [0.25, 0.3) is 0 Å². The van der Waals surface area contributed by atoms with Crippen molar-refractivity contribution in [1.82, 2.24) is 0 Å². The minimum atomic E-state index is -0.507. The van der Waals surface area contributed by atoms with Crippen molar-refractivity contribution < 1.29 is 9.85 Å². The number of hydrogen-bond acceptors (Lipinski definition) is 5. The Morgan fingerprint density at radius 3 is 2.33 bits per heavy atom. The highest BCUT2D eigenvalue weighted by molar-refractivity contribution is 9.10. The molecule has 7 nitrogen and oxygen atoms in total. The van der Waals surface area contributed by atoms with Gasteiger partial charge in [0.15, 0.2) is 0 Å². The molecule has 0 aromatic heterocycles. The predicted octanol–water partition coefficient (Wildman–Crippen LogP) is 3.88. The fraction of sp³-hybridized carbons (Fsp3) is 0.0769. The monoisotopic (exact) mass is 351 g/mol. The average molecular weight is 352 g/mol. The quantitative estimate of drug-likeness (QED) is 0.650. The van der Waals surface area contributed by atoms with Gasteiger partial charge in [-0.25, -0.2) is 0 Å². The lowest BCUT2D eigenvalue weighted by Gasteiger charge is -2.08. The number of nitro groups is 2. The van der Waals surface area contributed by atoms with E-state index in [9.17, 15) is 20.2 Å². The molecule has 0 atom stereocenters. The van der Waals surface area contributed by atoms with E-state index in [0.717, 1.165) is 0 Å². The molecule has 2 aromatic rings. The molecule has 0 saturated heterocycles. The molecule has 0 saturated carbocycles. The Labute approximate surface area is 128 Å². The van der Waals surface area contributed by atoms with Gasteiger partial charge in [0.2, 0.25) is 0 Å². The number of rotatable bonds is 5. The zero-order chi connectivity index (χ0) is 15.4. The zero-order valence-electron chi connectivity index (χ0n) is 10.7. The van der Waals surface area contributed by atoms with E-state index in [-0.39, 0.29) is 17.9 Å². The third-order valence-corrected chi connectivity index (χ3v) is 3.31. The number of hydrogen-bond donors (Lipinski definition) is 1. The van der Waals surface area contributed by atoms with Gasteiger partial charge in [-0.15, -0.1) is 0 Å². The van der Waals surface area contributed by atoms with Crippen LogP contribution in [0.1, 0.15) is 5.56 Å². The summed E-state index contributed by atoms with van der Waals surface area (Å²) in [5.74, 6) is 0. The smallest absolute Gasteiger partial charge is 0.293 e. The Kier molecular flexibility index (Phi) is 4.49. The first-order valence-corrected chi connectivity index (χ1v) is 6.68. The van der Waals surface area contributed by atoms with Crippen LogP contribution in [-0.2, 0) is 6.54 Å². The molecule has 0 aliphatic rings. The van der Waals surface area contributed by atoms with Crippen LogP contribution in [-0.4, -0.2) is 9.85 Å². The van der Waals surface area contributed by atoms with Gasteiger partial charge < -0.3 is 5.32 Å². The minimum Gasteiger partial charge on any atom is -0.375 e. The van der Waals surface area contributed by atoms with Crippen molar-refractivity contribution in [1.29, 1.82) is 0 Å². The normalized spacial score (nSPS) is 10.1. The van der Waals surface area contributed by atoms with Crippen LogP contribution in [0.4, 0.5) is 17.1 Å². The molecular formula is C13H10BrN3O4. The van der Waals surface area contributed by atoms with Crippen molar-refractivity contribution in [2.24, 2.45) is 0 Å². The summed E-state index contributed by atoms with van der Waals surface area (Å²) in [7, 11) is 0. The van der Waals surface area contributed by atoms with Gasteiger partial charge in [-0.05, 0) is 12.1 Å². The Hall–Kier alpha value is -2.48. The zero-order valence-corrected chi connectivity index (χ0v) is 12.2. The van der Waals surface area contributed by atoms with Crippen molar-refractivity contribution in [2.45, 2.75) is 6.54 Å². The first-order chi connectivity index (χ1) is 9.99. The summed E-state index contributed by atoms with van der Waals surface area (Å²) >= 11 is 3.17. The van der Waals surface area contributed by atoms with Gasteiger partial charge >= 0.3 is 0 Å². The summed E-state index contributed by atoms with van der Waals surface area (Å²) in [6, 6.07) is 10.8. The molecule has 0 fully saturated rings. The lowest BCUT2D eigenvalue weighted by Crippen LogP contribution is -2.05. The molecule has 2 rings (SSSR count). The van der Waals surface area contributed by atoms with Crippen LogP contribution in [0, 0.1) is 20.2 Å². The van der Waals surface area contributed by atoms with Crippen LogP contribution in [0.5, 0.6) is 0 Å². The molecule has 0 radical (unpaired) electrons. The van der Waals surface area contributed by atoms with E-state index in [1.165, 1.54) is 12.1 Å². The van der Waals surface area contributed by atoms with Gasteiger partial charge in [-0.2, -0.15) is 0 Å². The van der Waals surface area contributed by atoms with Crippen LogP contribution >= 0.6 is 15.9 Å². The minimum absolute atomic E-state index is 0.0234. The molecule has 0 heterocycles. The Morgan fingerprint density at radius 1 is 1.00 bits per heavy atom. The van der Waals surface area contributed by atoms with Gasteiger partial charge in [-0.1, -0.05) is 34.1 Å². The fourth-order valence-electron chi connectivity index (χ4n) is 1.83. The molecular weight excluding hydrogens is 342 g/mol. The molecule has 21 heavy (non-hydrogen) atoms. The second-order valence-electron chi connectivity index (χ2n) is 4.16. The molecule has 1 N–H and O–H groups in total. The molecule has 0 aliphatic carbocycles. The second-order valence-corrected chi connectivity index (χ2v) is 5.07. The van der Waals surface area contributed by atoms with Crippen molar-refractivity contribution in [3.8, 4) is 0 Å². The van der Waals surface area contributed by atoms with E-state index in [1.54, 1.807) is 30.3 Å². The van der Waals surface area contributed by atoms with Gasteiger partial charge in [0.1, 0.15) is 5.69 Å². The number of nitro benzene ring substituents is 2. The van der Waals surface area contributed by atoms with E-state index in [4.69, 9.17) is 0 Å². The first-order valence-electron chi connectivity index (χ1n) is 5.89. The summed E-state index contributed by atoms with van der Waals surface area (Å²) in [6.07, 6.45) is 0. The van der Waals surface area contributed by atoms with Gasteiger partial charge in [-0.3, -0.25) is 20.2 Å². The maximum atomic E-state index is 11.0. The van der Waals surface area contributed by atoms with Crippen molar-refractivity contribution in [3.05, 3.63) is 72.7 Å². The van der Waals surface area contributed by atoms with Crippen molar-refractivity contribution in [3.63, 3.8) is 0 Å². The van der Waals surface area contributed by atoms with E-state index in [1.807, 2.05) is 0 Å². The maximum Gasteiger partial charge on any atom is 0.293 e. The molecule has 0 spiro atoms. The number of nitrogens with zero attached hydrogens (tertiary/aromatic N) is 2. The van der Waals surface area contributed by atoms with E-state index >= 15 is 0 Å². The van der Waals surface area contributed by atoms with Crippen LogP contribution in [0.3, 0.4) is 0 Å². The van der Waals surface area contributed by atoms with Gasteiger partial charge in [0.05, 0.1) is 9.85 Å². The summed E-state index contributed by atoms with van der Waals surface area (Å²) in [6.45, 7) is 0.125. The van der Waals surface area contributed by atoms with Crippen molar-refractivity contribution in [2.75, 3.05) is 5.32 Å². The third-order valence-electron chi connectivity index (χ3n) is 2.81. The lowest BCUT2D eigenvalue weighted by atomic mass is 10.1. The van der Waals surface area contributed by atoms with Gasteiger partial charge in [0, 0.05) is 28.7 Å². The Morgan fingerprint density at radius 2 is 1.67 bits per heavy atom. The van der Waals surface area contributed by atoms with E-state index < -0.39 is 9.85 Å². The highest BCUT2D eigenvalue weighted by Crippen LogP contribution is 2.29. The number of nitrogens with one attached hydrogen (secondary N) is 1. The number of anilines is 1. The van der Waals surface area contributed by atoms with Gasteiger partial charge in [0.25, 0.3) is 11.4 Å². The van der Waals surface area contributed by atoms with Crippen LogP contribution < -0.4 is 5.32 Å². The topological polar surface area (TPSA) is 98.3 Å². The lowest BCUT2D eigenvalue weighted by molar-refractivity contribution is -0.385. The average Bonchev–Trinajstić information content (AvgIpc) is 2.46. The molecule has 0 amide bonds. The van der Waals surface area contributed by atoms with Crippen molar-refractivity contribution >= 4 is 33.0 Å². The third kappa shape index (κ3) is 3.54. The number of para-hydroxylation sites is 1. The summed E-state index contributed by atoms with van der Waals surface area (Å²) < 4.78 is 0.588. The molecule has 0 unspecified atom stereocenters. The Balaban J connectivity index is 2.25. The number of benzene rings is 2. The largest absolute Gasteiger partial charge is 0.375 e. The second kappa shape index (κ2) is 6.31. The molecule has 0 bridgehead atoms. The molecule has 2 aromatic carbocycles. The SMILES string of the molecule is O=[N+]([O-])c1ccccc1CNc1ccc(Br)cc1[N+](=O)[O-]. The maximum absolute atomic E-state index is 11.0. The predicted molar refractivity (Wildman–Crippen MR) is 81.2 cm³/mol. The summed E-state index contributed by atoms with van der Waals surface area (Å²) in [4.78, 5) is 20.9. The molecule has 0 aliphatic heterocycles. The van der Waals surface area contributed by atoms with Crippen LogP contribution in [0.15, 0.2) is 46.9 Å². The number of halogens is 1. The highest BCUT2D eigenvalue weighted by atomic mass is 79.9. The summed E-state index contributed by atoms with van der Waals surface area (Å²) in [5, 5.41) is 24.8. The molecule has 108 valence electrons. The molecule has 8 heteroatoms. The fourth-order valence-corrected chi connectivity index (χ4v) is 2.18. The first kappa shape index (κ1) is 14.9. The highest BCUT2D eigenvalue weighted by Gasteiger charge is 2.16.